The number of nitrogens with zero attached hydrogens (tertiary/aromatic N) is 1. The molecule has 0 fully saturated rings. The molecule has 22 heavy (non-hydrogen) atoms. The van der Waals surface area contributed by atoms with Crippen molar-refractivity contribution in [1.82, 2.24) is 4.90 Å². The van der Waals surface area contributed by atoms with E-state index in [0.29, 0.717) is 6.29 Å². The molecule has 0 N–H and O–H groups in total. The molecule has 0 saturated carbocycles. The normalized spacial score (nSPS) is 11.0. The van der Waals surface area contributed by atoms with Gasteiger partial charge in [0, 0.05) is 25.2 Å². The van der Waals surface area contributed by atoms with Gasteiger partial charge in [0.05, 0.1) is 9.79 Å². The summed E-state index contributed by atoms with van der Waals surface area (Å²) in [6.07, 6.45) is 0.502. The maximum Gasteiger partial charge on any atom is 0.253 e. The lowest BCUT2D eigenvalue weighted by atomic mass is 10.2. The summed E-state index contributed by atoms with van der Waals surface area (Å²) < 4.78 is 25.3. The highest BCUT2D eigenvalue weighted by molar-refractivity contribution is 7.91. The summed E-state index contributed by atoms with van der Waals surface area (Å²) in [4.78, 5) is 24.3. The Balaban J connectivity index is 2.58. The monoisotopic (exact) mass is 317 g/mol. The number of hydrogen-bond acceptors (Lipinski definition) is 4. The average molecular weight is 317 g/mol. The van der Waals surface area contributed by atoms with Gasteiger partial charge in [-0.3, -0.25) is 9.59 Å². The molecular weight excluding hydrogens is 302 g/mol. The first kappa shape index (κ1) is 15.9. The van der Waals surface area contributed by atoms with E-state index in [1.807, 2.05) is 0 Å². The molecular formula is C16H15NO4S. The Morgan fingerprint density at radius 1 is 1.05 bits per heavy atom. The van der Waals surface area contributed by atoms with Crippen LogP contribution in [0.3, 0.4) is 0 Å². The van der Waals surface area contributed by atoms with Crippen LogP contribution >= 0.6 is 0 Å². The van der Waals surface area contributed by atoms with Crippen LogP contribution in [0.25, 0.3) is 0 Å². The molecule has 0 unspecified atom stereocenters. The van der Waals surface area contributed by atoms with Gasteiger partial charge in [-0.25, -0.2) is 8.42 Å². The van der Waals surface area contributed by atoms with Crippen LogP contribution in [-0.4, -0.2) is 39.6 Å². The van der Waals surface area contributed by atoms with Crippen LogP contribution in [0.5, 0.6) is 0 Å². The smallest absolute Gasteiger partial charge is 0.253 e. The van der Waals surface area contributed by atoms with Crippen molar-refractivity contribution in [3.8, 4) is 0 Å². The second-order valence-electron chi connectivity index (χ2n) is 4.89. The topological polar surface area (TPSA) is 71.5 Å². The summed E-state index contributed by atoms with van der Waals surface area (Å²) in [5.41, 5.74) is 0.362. The molecule has 0 atom stereocenters. The van der Waals surface area contributed by atoms with Crippen molar-refractivity contribution in [2.45, 2.75) is 9.79 Å². The molecule has 0 saturated heterocycles. The lowest BCUT2D eigenvalue weighted by Gasteiger charge is -2.12. The van der Waals surface area contributed by atoms with Crippen LogP contribution in [0, 0.1) is 0 Å². The van der Waals surface area contributed by atoms with Gasteiger partial charge in [0.25, 0.3) is 5.91 Å². The second kappa shape index (κ2) is 6.11. The van der Waals surface area contributed by atoms with Gasteiger partial charge in [0.2, 0.25) is 9.84 Å². The molecule has 6 heteroatoms. The molecule has 114 valence electrons. The molecule has 0 heterocycles. The Labute approximate surface area is 129 Å². The van der Waals surface area contributed by atoms with Crippen molar-refractivity contribution >= 4 is 22.0 Å². The number of sulfone groups is 1. The molecule has 0 aromatic heterocycles. The van der Waals surface area contributed by atoms with E-state index in [9.17, 15) is 18.0 Å². The van der Waals surface area contributed by atoms with E-state index in [-0.39, 0.29) is 26.8 Å². The highest BCUT2D eigenvalue weighted by atomic mass is 32.2. The zero-order valence-electron chi connectivity index (χ0n) is 12.2. The first-order valence-electron chi connectivity index (χ1n) is 6.49. The zero-order chi connectivity index (χ0) is 16.3. The lowest BCUT2D eigenvalue weighted by molar-refractivity contribution is 0.0827. The minimum atomic E-state index is -3.87. The molecule has 5 nitrogen and oxygen atoms in total. The third kappa shape index (κ3) is 2.92. The summed E-state index contributed by atoms with van der Waals surface area (Å²) in [5.74, 6) is -0.291. The van der Waals surface area contributed by atoms with Crippen molar-refractivity contribution in [1.29, 1.82) is 0 Å². The number of carbonyl (C=O) groups is 2. The van der Waals surface area contributed by atoms with Gasteiger partial charge in [-0.15, -0.1) is 0 Å². The van der Waals surface area contributed by atoms with Crippen LogP contribution < -0.4 is 0 Å². The minimum absolute atomic E-state index is 0.0190. The Hall–Kier alpha value is -2.47. The minimum Gasteiger partial charge on any atom is -0.345 e. The SMILES string of the molecule is CN(C)C(=O)c1cccc(S(=O)(=O)c2ccccc2C=O)c1. The van der Waals surface area contributed by atoms with Crippen LogP contribution in [0.1, 0.15) is 20.7 Å². The van der Waals surface area contributed by atoms with E-state index in [0.717, 1.165) is 0 Å². The molecule has 1 amide bonds. The molecule has 0 aliphatic rings. The summed E-state index contributed by atoms with van der Waals surface area (Å²) in [7, 11) is -0.688. The molecule has 2 rings (SSSR count). The maximum absolute atomic E-state index is 12.7. The third-order valence-electron chi connectivity index (χ3n) is 3.13. The number of hydrogen-bond donors (Lipinski definition) is 0. The first-order chi connectivity index (χ1) is 10.4. The number of rotatable bonds is 4. The summed E-state index contributed by atoms with van der Waals surface area (Å²) in [5, 5.41) is 0. The second-order valence-corrected chi connectivity index (χ2v) is 6.80. The molecule has 0 aliphatic heterocycles. The summed E-state index contributed by atoms with van der Waals surface area (Å²) >= 11 is 0. The predicted octanol–water partition coefficient (Wildman–Crippen LogP) is 2.03. The van der Waals surface area contributed by atoms with E-state index < -0.39 is 9.84 Å². The number of amides is 1. The van der Waals surface area contributed by atoms with E-state index in [1.165, 1.54) is 35.2 Å². The van der Waals surface area contributed by atoms with E-state index >= 15 is 0 Å². The lowest BCUT2D eigenvalue weighted by Crippen LogP contribution is -2.21. The van der Waals surface area contributed by atoms with E-state index in [1.54, 1.807) is 32.3 Å². The van der Waals surface area contributed by atoms with Crippen molar-refractivity contribution in [3.05, 3.63) is 59.7 Å². The zero-order valence-corrected chi connectivity index (χ0v) is 13.0. The fourth-order valence-electron chi connectivity index (χ4n) is 2.00. The largest absolute Gasteiger partial charge is 0.345 e. The Morgan fingerprint density at radius 2 is 1.73 bits per heavy atom. The van der Waals surface area contributed by atoms with Gasteiger partial charge in [-0.05, 0) is 24.3 Å². The summed E-state index contributed by atoms with van der Waals surface area (Å²) in [6.45, 7) is 0. The van der Waals surface area contributed by atoms with Gasteiger partial charge >= 0.3 is 0 Å². The van der Waals surface area contributed by atoms with Crippen LogP contribution in [0.15, 0.2) is 58.3 Å². The first-order valence-corrected chi connectivity index (χ1v) is 7.97. The molecule has 0 spiro atoms. The fourth-order valence-corrected chi connectivity index (χ4v) is 3.48. The standard InChI is InChI=1S/C16H15NO4S/c1-17(2)16(19)12-7-5-8-14(10-12)22(20,21)15-9-4-3-6-13(15)11-18/h3-11H,1-2H3. The van der Waals surface area contributed by atoms with Crippen molar-refractivity contribution in [2.24, 2.45) is 0 Å². The number of benzene rings is 2. The van der Waals surface area contributed by atoms with Crippen molar-refractivity contribution in [2.75, 3.05) is 14.1 Å². The molecule has 0 aliphatic carbocycles. The van der Waals surface area contributed by atoms with Crippen LogP contribution in [0.4, 0.5) is 0 Å². The van der Waals surface area contributed by atoms with E-state index in [4.69, 9.17) is 0 Å². The molecule has 0 bridgehead atoms. The van der Waals surface area contributed by atoms with Gasteiger partial charge < -0.3 is 4.90 Å². The Morgan fingerprint density at radius 3 is 2.36 bits per heavy atom. The van der Waals surface area contributed by atoms with Crippen LogP contribution in [-0.2, 0) is 9.84 Å². The van der Waals surface area contributed by atoms with Crippen molar-refractivity contribution < 1.29 is 18.0 Å². The van der Waals surface area contributed by atoms with Crippen molar-refractivity contribution in [3.63, 3.8) is 0 Å². The van der Waals surface area contributed by atoms with Gasteiger partial charge in [-0.2, -0.15) is 0 Å². The predicted molar refractivity (Wildman–Crippen MR) is 81.7 cm³/mol. The van der Waals surface area contributed by atoms with Crippen LogP contribution in [0.2, 0.25) is 0 Å². The van der Waals surface area contributed by atoms with Gasteiger partial charge in [0.15, 0.2) is 6.29 Å². The summed E-state index contributed by atoms with van der Waals surface area (Å²) in [6, 6.07) is 11.7. The number of carbonyl (C=O) groups excluding carboxylic acids is 2. The van der Waals surface area contributed by atoms with Gasteiger partial charge in [0.1, 0.15) is 0 Å². The quantitative estimate of drug-likeness (QED) is 0.809. The fraction of sp³-hybridized carbons (Fsp3) is 0.125. The maximum atomic E-state index is 12.7. The third-order valence-corrected chi connectivity index (χ3v) is 4.96. The Bertz CT molecular complexity index is 826. The molecule has 0 radical (unpaired) electrons. The highest BCUT2D eigenvalue weighted by Gasteiger charge is 2.22. The molecule has 2 aromatic rings. The van der Waals surface area contributed by atoms with Gasteiger partial charge in [-0.1, -0.05) is 24.3 Å². The average Bonchev–Trinajstić information content (AvgIpc) is 2.54. The van der Waals surface area contributed by atoms with E-state index in [2.05, 4.69) is 0 Å². The Kier molecular flexibility index (Phi) is 4.42. The number of aldehydes is 1. The highest BCUT2D eigenvalue weighted by Crippen LogP contribution is 2.24. The molecule has 2 aromatic carbocycles.